The van der Waals surface area contributed by atoms with Crippen LogP contribution >= 0.6 is 22.7 Å². The van der Waals surface area contributed by atoms with E-state index in [0.29, 0.717) is 10.6 Å². The minimum absolute atomic E-state index is 0.145. The molecule has 0 spiro atoms. The lowest BCUT2D eigenvalue weighted by Crippen LogP contribution is -2.28. The molecule has 3 rings (SSSR count). The number of nitrogens with two attached hydrogens (primary N) is 1. The van der Waals surface area contributed by atoms with E-state index in [1.54, 1.807) is 48.1 Å². The van der Waals surface area contributed by atoms with E-state index < -0.39 is 24.4 Å². The summed E-state index contributed by atoms with van der Waals surface area (Å²) in [5.41, 5.74) is 5.92. The average molecular weight is 444 g/mol. The number of rotatable bonds is 7. The van der Waals surface area contributed by atoms with Crippen LogP contribution in [0, 0.1) is 0 Å². The van der Waals surface area contributed by atoms with Crippen LogP contribution < -0.4 is 16.0 Å². The van der Waals surface area contributed by atoms with Crippen LogP contribution in [0.2, 0.25) is 0 Å². The average Bonchev–Trinajstić information content (AvgIpc) is 3.43. The Hall–Kier alpha value is -3.50. The van der Waals surface area contributed by atoms with E-state index in [2.05, 4.69) is 5.32 Å². The molecule has 0 saturated heterocycles. The molecule has 30 heavy (non-hydrogen) atoms. The van der Waals surface area contributed by atoms with Gasteiger partial charge in [0, 0.05) is 7.05 Å². The van der Waals surface area contributed by atoms with Crippen LogP contribution in [0.1, 0.15) is 30.4 Å². The number of anilines is 2. The molecule has 0 aliphatic carbocycles. The molecule has 3 amide bonds. The Kier molecular flexibility index (Phi) is 6.60. The summed E-state index contributed by atoms with van der Waals surface area (Å²) in [6, 6.07) is 11.4. The van der Waals surface area contributed by atoms with E-state index in [9.17, 15) is 19.2 Å². The van der Waals surface area contributed by atoms with Gasteiger partial charge in [-0.1, -0.05) is 18.2 Å². The van der Waals surface area contributed by atoms with Crippen LogP contribution in [0.5, 0.6) is 0 Å². The number of ether oxygens (including phenoxy) is 1. The van der Waals surface area contributed by atoms with E-state index in [0.717, 1.165) is 11.3 Å². The standard InChI is InChI=1S/C20H17N3O5S2/c1-23(19(26)15-7-4-9-29-15)14-6-3-2-5-12(14)20(27)28-11-16(24)22-18-13(17(21)25)8-10-30-18/h2-10H,11H2,1H3,(H2,21,25)(H,22,24). The van der Waals surface area contributed by atoms with Gasteiger partial charge in [0.15, 0.2) is 6.61 Å². The highest BCUT2D eigenvalue weighted by molar-refractivity contribution is 7.14. The summed E-state index contributed by atoms with van der Waals surface area (Å²) < 4.78 is 5.10. The van der Waals surface area contributed by atoms with Crippen LogP contribution in [0.15, 0.2) is 53.2 Å². The van der Waals surface area contributed by atoms with Crippen LogP contribution in [-0.4, -0.2) is 37.3 Å². The summed E-state index contributed by atoms with van der Waals surface area (Å²) in [6.07, 6.45) is 0. The lowest BCUT2D eigenvalue weighted by Gasteiger charge is -2.19. The second-order valence-corrected chi connectivity index (χ2v) is 7.87. The number of para-hydroxylation sites is 1. The lowest BCUT2D eigenvalue weighted by atomic mass is 10.1. The molecule has 154 valence electrons. The van der Waals surface area contributed by atoms with E-state index in [1.807, 2.05) is 0 Å². The van der Waals surface area contributed by atoms with Gasteiger partial charge in [-0.05, 0) is 35.0 Å². The highest BCUT2D eigenvalue weighted by Crippen LogP contribution is 2.24. The van der Waals surface area contributed by atoms with E-state index in [-0.39, 0.29) is 22.0 Å². The van der Waals surface area contributed by atoms with Crippen molar-refractivity contribution in [2.45, 2.75) is 0 Å². The third kappa shape index (κ3) is 4.73. The summed E-state index contributed by atoms with van der Waals surface area (Å²) in [7, 11) is 1.56. The summed E-state index contributed by atoms with van der Waals surface area (Å²) in [5.74, 6) is -2.31. The maximum absolute atomic E-state index is 12.6. The molecule has 0 atom stereocenters. The zero-order valence-electron chi connectivity index (χ0n) is 15.8. The molecule has 8 nitrogen and oxygen atoms in total. The molecule has 3 aromatic rings. The van der Waals surface area contributed by atoms with Crippen molar-refractivity contribution in [2.75, 3.05) is 23.9 Å². The van der Waals surface area contributed by atoms with E-state index >= 15 is 0 Å². The molecule has 10 heteroatoms. The van der Waals surface area contributed by atoms with Crippen LogP contribution in [0.4, 0.5) is 10.7 Å². The third-order valence-electron chi connectivity index (χ3n) is 4.04. The van der Waals surface area contributed by atoms with Gasteiger partial charge in [-0.25, -0.2) is 4.79 Å². The first-order valence-electron chi connectivity index (χ1n) is 8.63. The molecule has 0 aliphatic rings. The van der Waals surface area contributed by atoms with Crippen LogP contribution in [0.3, 0.4) is 0 Å². The molecule has 0 saturated carbocycles. The summed E-state index contributed by atoms with van der Waals surface area (Å²) in [5, 5.41) is 6.17. The number of carbonyl (C=O) groups is 4. The largest absolute Gasteiger partial charge is 0.452 e. The maximum atomic E-state index is 12.6. The zero-order chi connectivity index (χ0) is 21.7. The second-order valence-electron chi connectivity index (χ2n) is 6.01. The number of carbonyl (C=O) groups excluding carboxylic acids is 4. The van der Waals surface area contributed by atoms with E-state index in [1.165, 1.54) is 28.4 Å². The Labute approximate surface area is 179 Å². The van der Waals surface area contributed by atoms with Gasteiger partial charge < -0.3 is 20.7 Å². The fraction of sp³-hybridized carbons (Fsp3) is 0.100. The Morgan fingerprint density at radius 3 is 2.47 bits per heavy atom. The van der Waals surface area contributed by atoms with Crippen LogP contribution in [-0.2, 0) is 9.53 Å². The minimum Gasteiger partial charge on any atom is -0.452 e. The molecule has 0 radical (unpaired) electrons. The lowest BCUT2D eigenvalue weighted by molar-refractivity contribution is -0.119. The number of nitrogens with zero attached hydrogens (tertiary/aromatic N) is 1. The summed E-state index contributed by atoms with van der Waals surface area (Å²) >= 11 is 2.42. The summed E-state index contributed by atoms with van der Waals surface area (Å²) in [6.45, 7) is -0.564. The van der Waals surface area contributed by atoms with Crippen molar-refractivity contribution in [1.29, 1.82) is 0 Å². The van der Waals surface area contributed by atoms with Crippen molar-refractivity contribution < 1.29 is 23.9 Å². The Morgan fingerprint density at radius 2 is 1.77 bits per heavy atom. The first kappa shape index (κ1) is 21.2. The second kappa shape index (κ2) is 9.33. The van der Waals surface area contributed by atoms with Crippen molar-refractivity contribution in [3.8, 4) is 0 Å². The smallest absolute Gasteiger partial charge is 0.340 e. The first-order chi connectivity index (χ1) is 14.4. The highest BCUT2D eigenvalue weighted by atomic mass is 32.1. The molecule has 0 fully saturated rings. The van der Waals surface area contributed by atoms with Gasteiger partial charge in [-0.3, -0.25) is 14.4 Å². The monoisotopic (exact) mass is 443 g/mol. The molecule has 0 aliphatic heterocycles. The molecule has 2 aromatic heterocycles. The van der Waals surface area contributed by atoms with Gasteiger partial charge in [0.2, 0.25) is 0 Å². The maximum Gasteiger partial charge on any atom is 0.340 e. The number of hydrogen-bond acceptors (Lipinski definition) is 7. The Morgan fingerprint density at radius 1 is 1.00 bits per heavy atom. The quantitative estimate of drug-likeness (QED) is 0.544. The van der Waals surface area contributed by atoms with Crippen LogP contribution in [0.25, 0.3) is 0 Å². The molecular weight excluding hydrogens is 426 g/mol. The SMILES string of the molecule is CN(C(=O)c1cccs1)c1ccccc1C(=O)OCC(=O)Nc1sccc1C(N)=O. The molecular formula is C20H17N3O5S2. The number of thiophene rings is 2. The first-order valence-corrected chi connectivity index (χ1v) is 10.4. The number of amides is 3. The van der Waals surface area contributed by atoms with Gasteiger partial charge in [0.1, 0.15) is 5.00 Å². The highest BCUT2D eigenvalue weighted by Gasteiger charge is 2.22. The normalized spacial score (nSPS) is 10.3. The van der Waals surface area contributed by atoms with E-state index in [4.69, 9.17) is 10.5 Å². The van der Waals surface area contributed by atoms with Gasteiger partial charge >= 0.3 is 5.97 Å². The Bertz CT molecular complexity index is 1090. The fourth-order valence-electron chi connectivity index (χ4n) is 2.59. The topological polar surface area (TPSA) is 119 Å². The summed E-state index contributed by atoms with van der Waals surface area (Å²) in [4.78, 5) is 50.5. The molecule has 0 unspecified atom stereocenters. The third-order valence-corrected chi connectivity index (χ3v) is 5.73. The number of hydrogen-bond donors (Lipinski definition) is 2. The van der Waals surface area contributed by atoms with Crippen molar-refractivity contribution in [3.05, 3.63) is 69.2 Å². The van der Waals surface area contributed by atoms with Crippen molar-refractivity contribution >= 4 is 57.1 Å². The zero-order valence-corrected chi connectivity index (χ0v) is 17.4. The minimum atomic E-state index is -0.757. The molecule has 1 aromatic carbocycles. The number of esters is 1. The van der Waals surface area contributed by atoms with Crippen molar-refractivity contribution in [3.63, 3.8) is 0 Å². The van der Waals surface area contributed by atoms with Gasteiger partial charge in [0.25, 0.3) is 17.7 Å². The van der Waals surface area contributed by atoms with Crippen molar-refractivity contribution in [2.24, 2.45) is 5.73 Å². The van der Waals surface area contributed by atoms with Gasteiger partial charge in [-0.15, -0.1) is 22.7 Å². The van der Waals surface area contributed by atoms with Crippen molar-refractivity contribution in [1.82, 2.24) is 0 Å². The molecule has 2 heterocycles. The predicted molar refractivity (Wildman–Crippen MR) is 115 cm³/mol. The number of benzene rings is 1. The Balaban J connectivity index is 1.67. The molecule has 3 N–H and O–H groups in total. The predicted octanol–water partition coefficient (Wildman–Crippen LogP) is 2.98. The fourth-order valence-corrected chi connectivity index (χ4v) is 4.09. The number of nitrogens with one attached hydrogen (secondary N) is 1. The molecule has 0 bridgehead atoms. The van der Waals surface area contributed by atoms with Gasteiger partial charge in [0.05, 0.1) is 21.7 Å². The van der Waals surface area contributed by atoms with Gasteiger partial charge in [-0.2, -0.15) is 0 Å². The number of primary amides is 1.